The van der Waals surface area contributed by atoms with E-state index in [1.54, 1.807) is 42.1 Å². The molecule has 0 fully saturated rings. The minimum Gasteiger partial charge on any atom is -0.493 e. The van der Waals surface area contributed by atoms with Crippen molar-refractivity contribution in [3.05, 3.63) is 17.7 Å². The molecule has 1 aromatic rings. The van der Waals surface area contributed by atoms with Gasteiger partial charge in [-0.2, -0.15) is 0 Å². The molecule has 0 atom stereocenters. The summed E-state index contributed by atoms with van der Waals surface area (Å²) in [6, 6.07) is 3.66. The molecule has 168 valence electrons. The predicted octanol–water partition coefficient (Wildman–Crippen LogP) is 2.60. The van der Waals surface area contributed by atoms with Crippen molar-refractivity contribution in [1.29, 1.82) is 0 Å². The number of rotatable bonds is 9. The number of guanidine groups is 1. The van der Waals surface area contributed by atoms with E-state index in [9.17, 15) is 8.42 Å². The summed E-state index contributed by atoms with van der Waals surface area (Å²) in [5, 5.41) is 6.19. The number of nitrogens with one attached hydrogen (secondary N) is 2. The van der Waals surface area contributed by atoms with Crippen LogP contribution < -0.4 is 24.8 Å². The Morgan fingerprint density at radius 2 is 1.59 bits per heavy atom. The van der Waals surface area contributed by atoms with E-state index in [1.165, 1.54) is 0 Å². The molecular formula is C19H34IN3O5S. The Hall–Kier alpha value is -1.43. The van der Waals surface area contributed by atoms with Crippen LogP contribution in [-0.4, -0.2) is 59.3 Å². The van der Waals surface area contributed by atoms with E-state index in [4.69, 9.17) is 14.2 Å². The van der Waals surface area contributed by atoms with Crippen LogP contribution in [0.15, 0.2) is 17.1 Å². The van der Waals surface area contributed by atoms with Crippen molar-refractivity contribution in [2.45, 2.75) is 39.0 Å². The Morgan fingerprint density at radius 1 is 1.03 bits per heavy atom. The minimum absolute atomic E-state index is 0. The number of aliphatic imine (C=N–C) groups is 1. The van der Waals surface area contributed by atoms with Crippen molar-refractivity contribution in [3.63, 3.8) is 0 Å². The molecule has 0 spiro atoms. The summed E-state index contributed by atoms with van der Waals surface area (Å²) >= 11 is 0. The summed E-state index contributed by atoms with van der Waals surface area (Å²) in [7, 11) is 1.48. The Balaban J connectivity index is 0.00000784. The van der Waals surface area contributed by atoms with E-state index >= 15 is 0 Å². The average Bonchev–Trinajstić information content (AvgIpc) is 2.63. The zero-order valence-electron chi connectivity index (χ0n) is 18.3. The van der Waals surface area contributed by atoms with Gasteiger partial charge in [0.05, 0.1) is 38.4 Å². The predicted molar refractivity (Wildman–Crippen MR) is 128 cm³/mol. The lowest BCUT2D eigenvalue weighted by Crippen LogP contribution is -2.41. The first kappa shape index (κ1) is 27.6. The topological polar surface area (TPSA) is 98.2 Å². The van der Waals surface area contributed by atoms with E-state index in [0.29, 0.717) is 36.3 Å². The molecule has 0 radical (unpaired) electrons. The fourth-order valence-electron chi connectivity index (χ4n) is 2.35. The largest absolute Gasteiger partial charge is 0.493 e. The third kappa shape index (κ3) is 8.07. The number of hydrogen-bond acceptors (Lipinski definition) is 6. The summed E-state index contributed by atoms with van der Waals surface area (Å²) < 4.78 is 39.7. The van der Waals surface area contributed by atoms with Crippen LogP contribution in [-0.2, 0) is 16.4 Å². The van der Waals surface area contributed by atoms with Gasteiger partial charge in [0, 0.05) is 13.1 Å². The zero-order chi connectivity index (χ0) is 21.4. The molecule has 2 N–H and O–H groups in total. The first-order chi connectivity index (χ1) is 13.1. The van der Waals surface area contributed by atoms with Crippen molar-refractivity contribution in [2.75, 3.05) is 40.2 Å². The highest BCUT2D eigenvalue weighted by atomic mass is 127. The highest BCUT2D eigenvalue weighted by molar-refractivity contribution is 14.0. The fraction of sp³-hybridized carbons (Fsp3) is 0.632. The van der Waals surface area contributed by atoms with Gasteiger partial charge in [0.1, 0.15) is 0 Å². The molecule has 0 saturated heterocycles. The van der Waals surface area contributed by atoms with Gasteiger partial charge in [-0.15, -0.1) is 24.0 Å². The number of hydrogen-bond donors (Lipinski definition) is 2. The van der Waals surface area contributed by atoms with Crippen LogP contribution in [0.2, 0.25) is 0 Å². The molecule has 0 unspecified atom stereocenters. The van der Waals surface area contributed by atoms with Crippen LogP contribution in [0.25, 0.3) is 0 Å². The summed E-state index contributed by atoms with van der Waals surface area (Å²) in [6.45, 7) is 8.35. The number of ether oxygens (including phenoxy) is 3. The first-order valence-corrected chi connectivity index (χ1v) is 10.8. The quantitative estimate of drug-likeness (QED) is 0.281. The van der Waals surface area contributed by atoms with Crippen LogP contribution in [0, 0.1) is 0 Å². The number of sulfone groups is 1. The summed E-state index contributed by atoms with van der Waals surface area (Å²) in [6.07, 6.45) is 0. The molecule has 0 saturated carbocycles. The summed E-state index contributed by atoms with van der Waals surface area (Å²) in [4.78, 5) is 4.52. The van der Waals surface area contributed by atoms with E-state index in [0.717, 1.165) is 5.56 Å². The van der Waals surface area contributed by atoms with Crippen molar-refractivity contribution in [1.82, 2.24) is 10.6 Å². The highest BCUT2D eigenvalue weighted by Crippen LogP contribution is 2.38. The molecule has 0 aliphatic carbocycles. The number of methoxy groups -OCH3 is 3. The van der Waals surface area contributed by atoms with Gasteiger partial charge in [-0.3, -0.25) is 0 Å². The van der Waals surface area contributed by atoms with Crippen LogP contribution in [0.5, 0.6) is 17.2 Å². The van der Waals surface area contributed by atoms with Crippen LogP contribution in [0.1, 0.15) is 33.3 Å². The van der Waals surface area contributed by atoms with E-state index < -0.39 is 14.6 Å². The lowest BCUT2D eigenvalue weighted by Gasteiger charge is -2.20. The third-order valence-electron chi connectivity index (χ3n) is 4.08. The molecule has 0 bridgehead atoms. The molecule has 8 nitrogen and oxygen atoms in total. The van der Waals surface area contributed by atoms with Gasteiger partial charge in [-0.1, -0.05) is 0 Å². The van der Waals surface area contributed by atoms with Crippen LogP contribution >= 0.6 is 24.0 Å². The molecule has 29 heavy (non-hydrogen) atoms. The SMILES string of the molecule is CCNC(=NCc1cc(OC)c(OC)c(OC)c1)NCCS(=O)(=O)C(C)(C)C.I. The van der Waals surface area contributed by atoms with Gasteiger partial charge < -0.3 is 24.8 Å². The Morgan fingerprint density at radius 3 is 2.00 bits per heavy atom. The summed E-state index contributed by atoms with van der Waals surface area (Å²) in [5.74, 6) is 2.21. The van der Waals surface area contributed by atoms with Crippen molar-refractivity contribution in [2.24, 2.45) is 4.99 Å². The number of benzene rings is 1. The van der Waals surface area contributed by atoms with Crippen LogP contribution in [0.4, 0.5) is 0 Å². The lowest BCUT2D eigenvalue weighted by molar-refractivity contribution is 0.324. The molecule has 0 aliphatic rings. The Kier molecular flexibility index (Phi) is 11.7. The maximum atomic E-state index is 12.2. The monoisotopic (exact) mass is 543 g/mol. The maximum absolute atomic E-state index is 12.2. The van der Waals surface area contributed by atoms with Crippen LogP contribution in [0.3, 0.4) is 0 Å². The maximum Gasteiger partial charge on any atom is 0.203 e. The van der Waals surface area contributed by atoms with Crippen molar-refractivity contribution >= 4 is 39.8 Å². The van der Waals surface area contributed by atoms with E-state index in [2.05, 4.69) is 15.6 Å². The second kappa shape index (κ2) is 12.3. The molecule has 0 aromatic heterocycles. The molecule has 0 amide bonds. The molecule has 0 heterocycles. The van der Waals surface area contributed by atoms with Crippen molar-refractivity contribution in [3.8, 4) is 17.2 Å². The second-order valence-corrected chi connectivity index (χ2v) is 9.95. The standard InChI is InChI=1S/C19H33N3O5S.HI/c1-8-20-18(21-9-10-28(23,24)19(2,3)4)22-13-14-11-15(25-5)17(27-7)16(12-14)26-6;/h11-12H,8-10,13H2,1-7H3,(H2,20,21,22);1H. The first-order valence-electron chi connectivity index (χ1n) is 9.13. The average molecular weight is 543 g/mol. The molecular weight excluding hydrogens is 509 g/mol. The number of halogens is 1. The molecule has 10 heteroatoms. The fourth-order valence-corrected chi connectivity index (χ4v) is 3.33. The zero-order valence-corrected chi connectivity index (χ0v) is 21.4. The van der Waals surface area contributed by atoms with E-state index in [-0.39, 0.29) is 36.3 Å². The van der Waals surface area contributed by atoms with Gasteiger partial charge in [-0.25, -0.2) is 13.4 Å². The third-order valence-corrected chi connectivity index (χ3v) is 6.69. The van der Waals surface area contributed by atoms with Gasteiger partial charge in [-0.05, 0) is 45.4 Å². The normalized spacial score (nSPS) is 12.0. The van der Waals surface area contributed by atoms with E-state index in [1.807, 2.05) is 19.1 Å². The Bertz CT molecular complexity index is 752. The second-order valence-electron chi connectivity index (χ2n) is 7.09. The van der Waals surface area contributed by atoms with Gasteiger partial charge in [0.25, 0.3) is 0 Å². The van der Waals surface area contributed by atoms with Gasteiger partial charge >= 0.3 is 0 Å². The smallest absolute Gasteiger partial charge is 0.203 e. The Labute approximate surface area is 191 Å². The lowest BCUT2D eigenvalue weighted by atomic mass is 10.2. The molecule has 1 rings (SSSR count). The summed E-state index contributed by atoms with van der Waals surface area (Å²) in [5.41, 5.74) is 0.869. The molecule has 1 aromatic carbocycles. The minimum atomic E-state index is -3.19. The highest BCUT2D eigenvalue weighted by Gasteiger charge is 2.28. The number of nitrogens with zero attached hydrogens (tertiary/aromatic N) is 1. The molecule has 0 aliphatic heterocycles. The van der Waals surface area contributed by atoms with Gasteiger partial charge in [0.2, 0.25) is 5.75 Å². The van der Waals surface area contributed by atoms with Gasteiger partial charge in [0.15, 0.2) is 27.3 Å². The van der Waals surface area contributed by atoms with Crippen molar-refractivity contribution < 1.29 is 22.6 Å².